The number of hydrogen-bond donors (Lipinski definition) is 3. The lowest BCUT2D eigenvalue weighted by Crippen LogP contribution is -2.54. The molecule has 2 rings (SSSR count). The third-order valence-electron chi connectivity index (χ3n) is 5.55. The molecule has 4 amide bonds. The normalized spacial score (nSPS) is 15.0. The Morgan fingerprint density at radius 3 is 2.40 bits per heavy atom. The van der Waals surface area contributed by atoms with Gasteiger partial charge in [0.1, 0.15) is 17.7 Å². The van der Waals surface area contributed by atoms with E-state index in [4.69, 9.17) is 10.5 Å². The molecule has 0 aromatic heterocycles. The fourth-order valence-electron chi connectivity index (χ4n) is 3.86. The number of ether oxygens (including phenoxy) is 1. The first-order valence-corrected chi connectivity index (χ1v) is 12.4. The van der Waals surface area contributed by atoms with Crippen LogP contribution in [0.3, 0.4) is 0 Å². The van der Waals surface area contributed by atoms with Gasteiger partial charge in [0.05, 0.1) is 6.42 Å². The Bertz CT molecular complexity index is 907. The van der Waals surface area contributed by atoms with E-state index in [-0.39, 0.29) is 11.9 Å². The first-order valence-electron chi connectivity index (χ1n) is 12.4. The van der Waals surface area contributed by atoms with Crippen LogP contribution in [0.15, 0.2) is 24.3 Å². The summed E-state index contributed by atoms with van der Waals surface area (Å²) in [5.74, 6) is -1.57. The largest absolute Gasteiger partial charge is 0.444 e. The SMILES string of the molecule is CCCCCNC(=O)C(c1cccc(C)c1)N(C(=O)C(CC(N)=O)NC(=O)OC(C)(C)C)C1CC1. The van der Waals surface area contributed by atoms with Gasteiger partial charge in [-0.1, -0.05) is 49.6 Å². The lowest BCUT2D eigenvalue weighted by molar-refractivity contribution is -0.144. The maximum atomic E-state index is 13.8. The summed E-state index contributed by atoms with van der Waals surface area (Å²) in [4.78, 5) is 53.0. The second-order valence-corrected chi connectivity index (χ2v) is 10.2. The van der Waals surface area contributed by atoms with Gasteiger partial charge in [0.2, 0.25) is 17.7 Å². The van der Waals surface area contributed by atoms with E-state index in [0.29, 0.717) is 12.1 Å². The monoisotopic (exact) mass is 488 g/mol. The van der Waals surface area contributed by atoms with Crippen molar-refractivity contribution in [3.05, 3.63) is 35.4 Å². The molecule has 0 saturated heterocycles. The minimum atomic E-state index is -1.25. The number of benzene rings is 1. The molecule has 9 nitrogen and oxygen atoms in total. The highest BCUT2D eigenvalue weighted by atomic mass is 16.6. The summed E-state index contributed by atoms with van der Waals surface area (Å²) >= 11 is 0. The molecule has 1 fully saturated rings. The Kier molecular flexibility index (Phi) is 10.1. The highest BCUT2D eigenvalue weighted by Crippen LogP contribution is 2.36. The fourth-order valence-corrected chi connectivity index (χ4v) is 3.86. The number of nitrogens with one attached hydrogen (secondary N) is 2. The van der Waals surface area contributed by atoms with Crippen molar-refractivity contribution in [3.63, 3.8) is 0 Å². The summed E-state index contributed by atoms with van der Waals surface area (Å²) in [6, 6.07) is 5.14. The molecule has 1 aromatic carbocycles. The van der Waals surface area contributed by atoms with E-state index in [1.807, 2.05) is 31.2 Å². The van der Waals surface area contributed by atoms with Crippen LogP contribution in [0.2, 0.25) is 0 Å². The zero-order valence-corrected chi connectivity index (χ0v) is 21.6. The average molecular weight is 489 g/mol. The molecule has 2 unspecified atom stereocenters. The van der Waals surface area contributed by atoms with Crippen LogP contribution in [0.1, 0.15) is 83.4 Å². The molecule has 194 valence electrons. The van der Waals surface area contributed by atoms with Gasteiger partial charge in [-0.15, -0.1) is 0 Å². The van der Waals surface area contributed by atoms with Crippen LogP contribution in [0.5, 0.6) is 0 Å². The van der Waals surface area contributed by atoms with Crippen LogP contribution in [0.4, 0.5) is 4.79 Å². The van der Waals surface area contributed by atoms with E-state index in [1.54, 1.807) is 20.8 Å². The molecular weight excluding hydrogens is 448 g/mol. The highest BCUT2D eigenvalue weighted by molar-refractivity contribution is 5.95. The number of hydrogen-bond acceptors (Lipinski definition) is 5. The molecule has 9 heteroatoms. The van der Waals surface area contributed by atoms with Crippen LogP contribution in [-0.4, -0.2) is 52.9 Å². The Morgan fingerprint density at radius 2 is 1.86 bits per heavy atom. The van der Waals surface area contributed by atoms with E-state index in [9.17, 15) is 19.2 Å². The number of rotatable bonds is 12. The summed E-state index contributed by atoms with van der Waals surface area (Å²) in [6.45, 7) is 9.60. The van der Waals surface area contributed by atoms with E-state index in [1.165, 1.54) is 4.90 Å². The third-order valence-corrected chi connectivity index (χ3v) is 5.55. The van der Waals surface area contributed by atoms with E-state index in [2.05, 4.69) is 17.6 Å². The molecule has 4 N–H and O–H groups in total. The molecular formula is C26H40N4O5. The number of alkyl carbamates (subject to hydrolysis) is 1. The Morgan fingerprint density at radius 1 is 1.17 bits per heavy atom. The number of nitrogens with zero attached hydrogens (tertiary/aromatic N) is 1. The van der Waals surface area contributed by atoms with Crippen molar-refractivity contribution in [2.24, 2.45) is 5.73 Å². The topological polar surface area (TPSA) is 131 Å². The van der Waals surface area contributed by atoms with Crippen LogP contribution in [0.25, 0.3) is 0 Å². The first kappa shape index (κ1) is 28.1. The average Bonchev–Trinajstić information content (AvgIpc) is 3.57. The predicted molar refractivity (Wildman–Crippen MR) is 133 cm³/mol. The van der Waals surface area contributed by atoms with Gasteiger partial charge in [0.25, 0.3) is 0 Å². The third kappa shape index (κ3) is 9.22. The quantitative estimate of drug-likeness (QED) is 0.389. The smallest absolute Gasteiger partial charge is 0.408 e. The van der Waals surface area contributed by atoms with Gasteiger partial charge >= 0.3 is 6.09 Å². The highest BCUT2D eigenvalue weighted by Gasteiger charge is 2.44. The van der Waals surface area contributed by atoms with Crippen molar-refractivity contribution in [2.75, 3.05) is 6.54 Å². The molecule has 0 spiro atoms. The zero-order valence-electron chi connectivity index (χ0n) is 21.6. The number of amides is 4. The van der Waals surface area contributed by atoms with Gasteiger partial charge in [-0.2, -0.15) is 0 Å². The van der Waals surface area contributed by atoms with Crippen molar-refractivity contribution >= 4 is 23.8 Å². The Hall–Kier alpha value is -3.10. The number of nitrogens with two attached hydrogens (primary N) is 1. The zero-order chi connectivity index (χ0) is 26.2. The lowest BCUT2D eigenvalue weighted by atomic mass is 10.00. The summed E-state index contributed by atoms with van der Waals surface area (Å²) in [6.07, 6.45) is 3.07. The molecule has 1 saturated carbocycles. The molecule has 0 aliphatic heterocycles. The van der Waals surface area contributed by atoms with Crippen molar-refractivity contribution in [1.29, 1.82) is 0 Å². The summed E-state index contributed by atoms with van der Waals surface area (Å²) in [5, 5.41) is 5.47. The van der Waals surface area contributed by atoms with Gasteiger partial charge in [0.15, 0.2) is 0 Å². The molecule has 0 heterocycles. The van der Waals surface area contributed by atoms with Gasteiger partial charge in [0, 0.05) is 12.6 Å². The molecule has 1 aromatic rings. The summed E-state index contributed by atoms with van der Waals surface area (Å²) < 4.78 is 5.29. The van der Waals surface area contributed by atoms with Gasteiger partial charge in [-0.05, 0) is 52.5 Å². The molecule has 0 bridgehead atoms. The molecule has 2 atom stereocenters. The van der Waals surface area contributed by atoms with Crippen molar-refractivity contribution < 1.29 is 23.9 Å². The lowest BCUT2D eigenvalue weighted by Gasteiger charge is -2.34. The second-order valence-electron chi connectivity index (χ2n) is 10.2. The summed E-state index contributed by atoms with van der Waals surface area (Å²) in [5.41, 5.74) is 6.25. The number of aryl methyl sites for hydroxylation is 1. The standard InChI is InChI=1S/C26H40N4O5/c1-6-7-8-14-28-23(32)22(18-11-9-10-17(2)15-18)30(19-12-13-19)24(33)20(16-21(27)31)29-25(34)35-26(3,4)5/h9-11,15,19-20,22H,6-8,12-14,16H2,1-5H3,(H2,27,31)(H,28,32)(H,29,34). The fraction of sp³-hybridized carbons (Fsp3) is 0.615. The number of unbranched alkanes of at least 4 members (excludes halogenated alkanes) is 2. The molecule has 1 aliphatic rings. The Labute approximate surface area is 208 Å². The van der Waals surface area contributed by atoms with E-state index in [0.717, 1.165) is 37.7 Å². The maximum Gasteiger partial charge on any atom is 0.408 e. The van der Waals surface area contributed by atoms with Crippen LogP contribution in [0, 0.1) is 6.92 Å². The van der Waals surface area contributed by atoms with Gasteiger partial charge in [-0.3, -0.25) is 14.4 Å². The van der Waals surface area contributed by atoms with Crippen molar-refractivity contribution in [2.45, 2.75) is 96.9 Å². The van der Waals surface area contributed by atoms with E-state index < -0.39 is 42.0 Å². The molecule has 0 radical (unpaired) electrons. The predicted octanol–water partition coefficient (Wildman–Crippen LogP) is 3.10. The van der Waals surface area contributed by atoms with Crippen LogP contribution in [-0.2, 0) is 19.1 Å². The molecule has 1 aliphatic carbocycles. The van der Waals surface area contributed by atoms with Crippen molar-refractivity contribution in [1.82, 2.24) is 15.5 Å². The minimum absolute atomic E-state index is 0.176. The first-order chi connectivity index (χ1) is 16.4. The minimum Gasteiger partial charge on any atom is -0.444 e. The van der Waals surface area contributed by atoms with Gasteiger partial charge in [-0.25, -0.2) is 4.79 Å². The van der Waals surface area contributed by atoms with Crippen LogP contribution < -0.4 is 16.4 Å². The maximum absolute atomic E-state index is 13.8. The Balaban J connectivity index is 2.38. The van der Waals surface area contributed by atoms with Crippen molar-refractivity contribution in [3.8, 4) is 0 Å². The number of carbonyl (C=O) groups is 4. The number of primary amides is 1. The van der Waals surface area contributed by atoms with Crippen LogP contribution >= 0.6 is 0 Å². The molecule has 35 heavy (non-hydrogen) atoms. The number of carbonyl (C=O) groups excluding carboxylic acids is 4. The van der Waals surface area contributed by atoms with E-state index >= 15 is 0 Å². The second kappa shape index (κ2) is 12.6. The van der Waals surface area contributed by atoms with Gasteiger partial charge < -0.3 is 26.0 Å². The summed E-state index contributed by atoms with van der Waals surface area (Å²) in [7, 11) is 0.